The Labute approximate surface area is 157 Å². The van der Waals surface area contributed by atoms with E-state index in [1.54, 1.807) is 29.6 Å². The quantitative estimate of drug-likeness (QED) is 0.727. The zero-order valence-electron chi connectivity index (χ0n) is 14.8. The number of anilines is 3. The first-order valence-electron chi connectivity index (χ1n) is 8.96. The lowest BCUT2D eigenvalue weighted by Gasteiger charge is -2.27. The van der Waals surface area contributed by atoms with Crippen LogP contribution in [-0.2, 0) is 0 Å². The molecule has 0 aliphatic carbocycles. The van der Waals surface area contributed by atoms with Crippen molar-refractivity contribution in [2.75, 3.05) is 28.6 Å². The van der Waals surface area contributed by atoms with E-state index in [-0.39, 0.29) is 6.03 Å². The predicted molar refractivity (Wildman–Crippen MR) is 106 cm³/mol. The number of carbonyl (C=O) groups is 1. The highest BCUT2D eigenvalue weighted by Gasteiger charge is 2.23. The third-order valence-corrected chi connectivity index (χ3v) is 4.36. The zero-order valence-corrected chi connectivity index (χ0v) is 14.8. The lowest BCUT2D eigenvalue weighted by molar-refractivity contribution is 0.256. The summed E-state index contributed by atoms with van der Waals surface area (Å²) in [6.07, 6.45) is 7.02. The van der Waals surface area contributed by atoms with Gasteiger partial charge < -0.3 is 5.32 Å². The maximum Gasteiger partial charge on any atom is 0.328 e. The topological polar surface area (TPSA) is 83.0 Å². The molecule has 0 fully saturated rings. The Kier molecular flexibility index (Phi) is 4.91. The maximum absolute atomic E-state index is 12.9. The monoisotopic (exact) mass is 360 g/mol. The van der Waals surface area contributed by atoms with Gasteiger partial charge in [0, 0.05) is 37.2 Å². The first kappa shape index (κ1) is 17.0. The molecule has 136 valence electrons. The second-order valence-corrected chi connectivity index (χ2v) is 6.24. The molecule has 0 saturated heterocycles. The number of aromatic nitrogens is 3. The summed E-state index contributed by atoms with van der Waals surface area (Å²) in [6, 6.07) is 12.9. The van der Waals surface area contributed by atoms with Crippen molar-refractivity contribution in [3.8, 4) is 11.3 Å². The van der Waals surface area contributed by atoms with E-state index >= 15 is 0 Å². The van der Waals surface area contributed by atoms with E-state index in [4.69, 9.17) is 4.98 Å². The van der Waals surface area contributed by atoms with Gasteiger partial charge in [0.1, 0.15) is 5.82 Å². The molecule has 7 nitrogen and oxygen atoms in total. The van der Waals surface area contributed by atoms with Gasteiger partial charge in [-0.3, -0.25) is 15.2 Å². The van der Waals surface area contributed by atoms with E-state index in [1.165, 1.54) is 0 Å². The molecule has 0 bridgehead atoms. The van der Waals surface area contributed by atoms with Crippen LogP contribution in [0, 0.1) is 0 Å². The summed E-state index contributed by atoms with van der Waals surface area (Å²) in [4.78, 5) is 27.7. The third kappa shape index (κ3) is 3.87. The summed E-state index contributed by atoms with van der Waals surface area (Å²) in [7, 11) is 0. The van der Waals surface area contributed by atoms with Crippen molar-refractivity contribution in [2.45, 2.75) is 12.8 Å². The van der Waals surface area contributed by atoms with Crippen LogP contribution < -0.4 is 15.5 Å². The number of amides is 2. The zero-order chi connectivity index (χ0) is 18.5. The Morgan fingerprint density at radius 1 is 1.07 bits per heavy atom. The van der Waals surface area contributed by atoms with Crippen molar-refractivity contribution in [3.63, 3.8) is 0 Å². The highest BCUT2D eigenvalue weighted by molar-refractivity contribution is 6.02. The van der Waals surface area contributed by atoms with Crippen LogP contribution in [0.15, 0.2) is 61.1 Å². The third-order valence-electron chi connectivity index (χ3n) is 4.36. The molecule has 0 saturated carbocycles. The molecule has 3 aromatic rings. The SMILES string of the molecule is O=C(Nc1ccccn1)N1CCCCNc2ccc(-c3cccnc3)nc21. The Hall–Kier alpha value is -3.48. The molecule has 0 aromatic carbocycles. The Bertz CT molecular complexity index is 916. The molecular weight excluding hydrogens is 340 g/mol. The summed E-state index contributed by atoms with van der Waals surface area (Å²) in [6.45, 7) is 1.45. The average Bonchev–Trinajstić information content (AvgIpc) is 2.70. The van der Waals surface area contributed by atoms with Gasteiger partial charge >= 0.3 is 6.03 Å². The van der Waals surface area contributed by atoms with E-state index in [9.17, 15) is 4.79 Å². The Morgan fingerprint density at radius 3 is 2.85 bits per heavy atom. The summed E-state index contributed by atoms with van der Waals surface area (Å²) in [5, 5.41) is 6.23. The second-order valence-electron chi connectivity index (χ2n) is 6.24. The fourth-order valence-electron chi connectivity index (χ4n) is 3.00. The normalized spacial score (nSPS) is 13.7. The highest BCUT2D eigenvalue weighted by atomic mass is 16.2. The first-order chi connectivity index (χ1) is 13.3. The van der Waals surface area contributed by atoms with Crippen molar-refractivity contribution < 1.29 is 4.79 Å². The van der Waals surface area contributed by atoms with Crippen LogP contribution in [-0.4, -0.2) is 34.1 Å². The van der Waals surface area contributed by atoms with Gasteiger partial charge in [-0.05, 0) is 49.2 Å². The molecule has 4 rings (SSSR count). The van der Waals surface area contributed by atoms with Crippen molar-refractivity contribution in [1.82, 2.24) is 15.0 Å². The van der Waals surface area contributed by atoms with Crippen LogP contribution in [0.5, 0.6) is 0 Å². The minimum atomic E-state index is -0.241. The number of carbonyl (C=O) groups excluding carboxylic acids is 1. The van der Waals surface area contributed by atoms with Crippen LogP contribution in [0.2, 0.25) is 0 Å². The van der Waals surface area contributed by atoms with Gasteiger partial charge in [-0.15, -0.1) is 0 Å². The van der Waals surface area contributed by atoms with Crippen LogP contribution in [0.3, 0.4) is 0 Å². The second kappa shape index (κ2) is 7.82. The number of nitrogens with one attached hydrogen (secondary N) is 2. The number of rotatable bonds is 2. The van der Waals surface area contributed by atoms with Crippen molar-refractivity contribution >= 4 is 23.4 Å². The predicted octanol–water partition coefficient (Wildman–Crippen LogP) is 3.78. The maximum atomic E-state index is 12.9. The molecule has 7 heteroatoms. The molecule has 1 aliphatic rings. The van der Waals surface area contributed by atoms with Gasteiger partial charge in [0.15, 0.2) is 5.82 Å². The lowest BCUT2D eigenvalue weighted by Crippen LogP contribution is -2.38. The van der Waals surface area contributed by atoms with Crippen LogP contribution >= 0.6 is 0 Å². The minimum Gasteiger partial charge on any atom is -0.382 e. The lowest BCUT2D eigenvalue weighted by atomic mass is 10.1. The van der Waals surface area contributed by atoms with Crippen molar-refractivity contribution in [2.24, 2.45) is 0 Å². The fourth-order valence-corrected chi connectivity index (χ4v) is 3.00. The average molecular weight is 360 g/mol. The smallest absolute Gasteiger partial charge is 0.328 e. The van der Waals surface area contributed by atoms with Gasteiger partial charge in [0.2, 0.25) is 0 Å². The van der Waals surface area contributed by atoms with Gasteiger partial charge in [0.25, 0.3) is 0 Å². The molecule has 27 heavy (non-hydrogen) atoms. The van der Waals surface area contributed by atoms with E-state index in [1.807, 2.05) is 36.4 Å². The Balaban J connectivity index is 1.69. The van der Waals surface area contributed by atoms with E-state index in [0.29, 0.717) is 18.2 Å². The highest BCUT2D eigenvalue weighted by Crippen LogP contribution is 2.30. The van der Waals surface area contributed by atoms with Crippen LogP contribution in [0.4, 0.5) is 22.1 Å². The largest absolute Gasteiger partial charge is 0.382 e. The van der Waals surface area contributed by atoms with Gasteiger partial charge in [-0.1, -0.05) is 6.07 Å². The molecular formula is C20H20N6O. The molecule has 0 radical (unpaired) electrons. The molecule has 2 N–H and O–H groups in total. The van der Waals surface area contributed by atoms with E-state index in [2.05, 4.69) is 20.6 Å². The summed E-state index contributed by atoms with van der Waals surface area (Å²) < 4.78 is 0. The molecule has 1 aliphatic heterocycles. The number of pyridine rings is 3. The summed E-state index contributed by atoms with van der Waals surface area (Å²) >= 11 is 0. The standard InChI is InChI=1S/C20H20N6O/c27-20(25-18-7-1-2-12-23-18)26-13-4-3-11-22-17-9-8-16(24-19(17)26)15-6-5-10-21-14-15/h1-2,5-10,12,14,22H,3-4,11,13H2,(H,23,25,27). The summed E-state index contributed by atoms with van der Waals surface area (Å²) in [5.41, 5.74) is 2.53. The summed E-state index contributed by atoms with van der Waals surface area (Å²) in [5.74, 6) is 1.13. The number of hydrogen-bond acceptors (Lipinski definition) is 5. The van der Waals surface area contributed by atoms with Crippen molar-refractivity contribution in [3.05, 3.63) is 61.1 Å². The number of urea groups is 1. The van der Waals surface area contributed by atoms with E-state index in [0.717, 1.165) is 36.3 Å². The fraction of sp³-hybridized carbons (Fsp3) is 0.200. The molecule has 0 atom stereocenters. The Morgan fingerprint density at radius 2 is 2.04 bits per heavy atom. The van der Waals surface area contributed by atoms with Gasteiger partial charge in [-0.2, -0.15) is 0 Å². The van der Waals surface area contributed by atoms with Gasteiger partial charge in [-0.25, -0.2) is 14.8 Å². The minimum absolute atomic E-state index is 0.241. The molecule has 3 aromatic heterocycles. The van der Waals surface area contributed by atoms with Crippen LogP contribution in [0.1, 0.15) is 12.8 Å². The number of nitrogens with zero attached hydrogens (tertiary/aromatic N) is 4. The molecule has 0 unspecified atom stereocenters. The van der Waals surface area contributed by atoms with E-state index < -0.39 is 0 Å². The van der Waals surface area contributed by atoms with Gasteiger partial charge in [0.05, 0.1) is 11.4 Å². The molecule has 2 amide bonds. The number of fused-ring (bicyclic) bond motifs is 1. The number of hydrogen-bond donors (Lipinski definition) is 2. The first-order valence-corrected chi connectivity index (χ1v) is 8.96. The molecule has 0 spiro atoms. The molecule has 4 heterocycles. The van der Waals surface area contributed by atoms with Crippen LogP contribution in [0.25, 0.3) is 11.3 Å². The van der Waals surface area contributed by atoms with Crippen molar-refractivity contribution in [1.29, 1.82) is 0 Å².